The van der Waals surface area contributed by atoms with Gasteiger partial charge in [-0.05, 0) is 12.8 Å². The molecule has 2 heterocycles. The topological polar surface area (TPSA) is 67.9 Å². The van der Waals surface area contributed by atoms with Crippen LogP contribution in [0.15, 0.2) is 0 Å². The zero-order valence-corrected chi connectivity index (χ0v) is 12.6. The summed E-state index contributed by atoms with van der Waals surface area (Å²) in [6, 6.07) is 0. The van der Waals surface area contributed by atoms with Gasteiger partial charge in [-0.25, -0.2) is 0 Å². The van der Waals surface area contributed by atoms with E-state index in [0.717, 1.165) is 0 Å². The molecule has 0 aromatic rings. The number of hydrogen-bond donors (Lipinski definition) is 1. The predicted molar refractivity (Wildman–Crippen MR) is 71.0 cm³/mol. The molecule has 0 bridgehead atoms. The fourth-order valence-corrected chi connectivity index (χ4v) is 4.62. The Balaban J connectivity index is 2.05. The zero-order valence-electron chi connectivity index (χ0n) is 10.2. The van der Waals surface area contributed by atoms with E-state index in [0.29, 0.717) is 57.7 Å². The molecule has 0 aromatic carbocycles. The molecule has 0 amide bonds. The van der Waals surface area contributed by atoms with Gasteiger partial charge in [0.25, 0.3) is 10.2 Å². The second-order valence-corrected chi connectivity index (χ2v) is 6.88. The van der Waals surface area contributed by atoms with E-state index < -0.39 is 15.7 Å². The van der Waals surface area contributed by atoms with Crippen LogP contribution in [0.4, 0.5) is 0 Å². The van der Waals surface area contributed by atoms with Gasteiger partial charge < -0.3 is 9.47 Å². The summed E-state index contributed by atoms with van der Waals surface area (Å²) in [5.41, 5.74) is -0.421. The van der Waals surface area contributed by atoms with Crippen molar-refractivity contribution >= 4 is 26.1 Å². The number of ether oxygens (including phenoxy) is 2. The standard InChI is InChI=1S/C10H19BrN2O4S/c11-9-10(1-5-16-6-2-10)12-18(14,15)13-3-7-17-8-4-13/h12H,1-9H2. The van der Waals surface area contributed by atoms with Crippen LogP contribution in [0.2, 0.25) is 0 Å². The first-order valence-electron chi connectivity index (χ1n) is 6.09. The molecule has 0 aliphatic carbocycles. The fraction of sp³-hybridized carbons (Fsp3) is 1.00. The number of alkyl halides is 1. The Kier molecular flexibility index (Phi) is 5.01. The Morgan fingerprint density at radius 3 is 2.22 bits per heavy atom. The molecule has 0 spiro atoms. The summed E-state index contributed by atoms with van der Waals surface area (Å²) in [6.45, 7) is 2.96. The van der Waals surface area contributed by atoms with Crippen molar-refractivity contribution in [2.45, 2.75) is 18.4 Å². The van der Waals surface area contributed by atoms with E-state index in [1.807, 2.05) is 0 Å². The molecule has 6 nitrogen and oxygen atoms in total. The fourth-order valence-electron chi connectivity index (χ4n) is 2.15. The average Bonchev–Trinajstić information content (AvgIpc) is 2.40. The third-order valence-corrected chi connectivity index (χ3v) is 6.17. The van der Waals surface area contributed by atoms with Crippen molar-refractivity contribution in [1.82, 2.24) is 9.03 Å². The monoisotopic (exact) mass is 342 g/mol. The summed E-state index contributed by atoms with van der Waals surface area (Å²) in [4.78, 5) is 0. The average molecular weight is 343 g/mol. The van der Waals surface area contributed by atoms with Crippen LogP contribution in [0, 0.1) is 0 Å². The number of hydrogen-bond acceptors (Lipinski definition) is 4. The number of morpholine rings is 1. The third-order valence-electron chi connectivity index (χ3n) is 3.36. The Bertz CT molecular complexity index is 364. The summed E-state index contributed by atoms with van der Waals surface area (Å²) >= 11 is 3.42. The van der Waals surface area contributed by atoms with Crippen LogP contribution in [0.5, 0.6) is 0 Å². The molecule has 0 saturated carbocycles. The van der Waals surface area contributed by atoms with Crippen molar-refractivity contribution in [2.24, 2.45) is 0 Å². The second-order valence-electron chi connectivity index (χ2n) is 4.64. The van der Waals surface area contributed by atoms with Gasteiger partial charge in [0.15, 0.2) is 0 Å². The van der Waals surface area contributed by atoms with Crippen molar-refractivity contribution in [1.29, 1.82) is 0 Å². The van der Waals surface area contributed by atoms with E-state index in [-0.39, 0.29) is 0 Å². The van der Waals surface area contributed by atoms with Gasteiger partial charge in [-0.1, -0.05) is 15.9 Å². The van der Waals surface area contributed by atoms with Crippen molar-refractivity contribution in [2.75, 3.05) is 44.8 Å². The minimum Gasteiger partial charge on any atom is -0.381 e. The van der Waals surface area contributed by atoms with E-state index in [1.165, 1.54) is 4.31 Å². The minimum atomic E-state index is -3.44. The summed E-state index contributed by atoms with van der Waals surface area (Å²) in [5, 5.41) is 0.604. The highest BCUT2D eigenvalue weighted by atomic mass is 79.9. The van der Waals surface area contributed by atoms with Gasteiger partial charge in [-0.15, -0.1) is 0 Å². The van der Waals surface area contributed by atoms with Crippen molar-refractivity contribution < 1.29 is 17.9 Å². The zero-order chi connectivity index (χ0) is 13.1. The van der Waals surface area contributed by atoms with Gasteiger partial charge in [0.1, 0.15) is 0 Å². The van der Waals surface area contributed by atoms with Crippen molar-refractivity contribution in [3.8, 4) is 0 Å². The maximum absolute atomic E-state index is 12.3. The highest BCUT2D eigenvalue weighted by Gasteiger charge is 2.38. The third kappa shape index (κ3) is 3.43. The van der Waals surface area contributed by atoms with Gasteiger partial charge in [0, 0.05) is 37.2 Å². The van der Waals surface area contributed by atoms with Gasteiger partial charge in [-0.2, -0.15) is 17.4 Å². The van der Waals surface area contributed by atoms with E-state index >= 15 is 0 Å². The predicted octanol–water partition coefficient (Wildman–Crippen LogP) is 0.0971. The quantitative estimate of drug-likeness (QED) is 0.735. The molecule has 2 aliphatic heterocycles. The lowest BCUT2D eigenvalue weighted by atomic mass is 9.94. The first-order chi connectivity index (χ1) is 8.58. The molecule has 0 radical (unpaired) electrons. The van der Waals surface area contributed by atoms with Crippen LogP contribution in [0.3, 0.4) is 0 Å². The van der Waals surface area contributed by atoms with Crippen molar-refractivity contribution in [3.63, 3.8) is 0 Å². The van der Waals surface area contributed by atoms with Gasteiger partial charge in [0.05, 0.1) is 13.2 Å². The van der Waals surface area contributed by atoms with Gasteiger partial charge in [-0.3, -0.25) is 0 Å². The molecule has 0 atom stereocenters. The Morgan fingerprint density at radius 1 is 1.11 bits per heavy atom. The molecule has 106 valence electrons. The molecular weight excluding hydrogens is 324 g/mol. The molecular formula is C10H19BrN2O4S. The lowest BCUT2D eigenvalue weighted by Crippen LogP contribution is -2.58. The molecule has 0 aromatic heterocycles. The molecule has 2 saturated heterocycles. The number of halogens is 1. The first kappa shape index (κ1) is 14.7. The first-order valence-corrected chi connectivity index (χ1v) is 8.65. The van der Waals surface area contributed by atoms with Crippen LogP contribution in [0.1, 0.15) is 12.8 Å². The largest absolute Gasteiger partial charge is 0.381 e. The van der Waals surface area contributed by atoms with E-state index in [9.17, 15) is 8.42 Å². The molecule has 8 heteroatoms. The molecule has 1 N–H and O–H groups in total. The SMILES string of the molecule is O=S(=O)(NC1(CBr)CCOCC1)N1CCOCC1. The lowest BCUT2D eigenvalue weighted by Gasteiger charge is -2.38. The lowest BCUT2D eigenvalue weighted by molar-refractivity contribution is 0.0521. The normalized spacial score (nSPS) is 26.1. The maximum atomic E-state index is 12.3. The molecule has 2 rings (SSSR count). The Labute approximate surface area is 116 Å². The summed E-state index contributed by atoms with van der Waals surface area (Å²) in [7, 11) is -3.44. The Hall–Kier alpha value is 0.270. The number of nitrogens with zero attached hydrogens (tertiary/aromatic N) is 1. The van der Waals surface area contributed by atoms with Crippen LogP contribution in [-0.4, -0.2) is 63.1 Å². The molecule has 0 unspecified atom stereocenters. The number of nitrogens with one attached hydrogen (secondary N) is 1. The van der Waals surface area contributed by atoms with Crippen LogP contribution < -0.4 is 4.72 Å². The number of rotatable bonds is 4. The summed E-state index contributed by atoms with van der Waals surface area (Å²) < 4.78 is 39.4. The van der Waals surface area contributed by atoms with E-state index in [4.69, 9.17) is 9.47 Å². The summed E-state index contributed by atoms with van der Waals surface area (Å²) in [6.07, 6.45) is 1.39. The smallest absolute Gasteiger partial charge is 0.280 e. The van der Waals surface area contributed by atoms with Gasteiger partial charge in [0.2, 0.25) is 0 Å². The van der Waals surface area contributed by atoms with E-state index in [1.54, 1.807) is 0 Å². The Morgan fingerprint density at radius 2 is 1.67 bits per heavy atom. The molecule has 2 aliphatic rings. The second kappa shape index (κ2) is 6.15. The summed E-state index contributed by atoms with van der Waals surface area (Å²) in [5.74, 6) is 0. The molecule has 2 fully saturated rings. The van der Waals surface area contributed by atoms with Crippen LogP contribution >= 0.6 is 15.9 Å². The van der Waals surface area contributed by atoms with Gasteiger partial charge >= 0.3 is 0 Å². The highest BCUT2D eigenvalue weighted by Crippen LogP contribution is 2.24. The molecule has 18 heavy (non-hydrogen) atoms. The van der Waals surface area contributed by atoms with Crippen LogP contribution in [-0.2, 0) is 19.7 Å². The van der Waals surface area contributed by atoms with Crippen LogP contribution in [0.25, 0.3) is 0 Å². The van der Waals surface area contributed by atoms with Crippen molar-refractivity contribution in [3.05, 3.63) is 0 Å². The maximum Gasteiger partial charge on any atom is 0.280 e. The van der Waals surface area contributed by atoms with E-state index in [2.05, 4.69) is 20.7 Å². The highest BCUT2D eigenvalue weighted by molar-refractivity contribution is 9.09. The minimum absolute atomic E-state index is 0.421.